The second kappa shape index (κ2) is 4.33. The molecule has 0 saturated heterocycles. The zero-order chi connectivity index (χ0) is 11.6. The molecule has 0 spiro atoms. The monoisotopic (exact) mass is 210 g/mol. The summed E-state index contributed by atoms with van der Waals surface area (Å²) in [4.78, 5) is 11.6. The number of nitrogens with one attached hydrogen (secondary N) is 1. The van der Waals surface area contributed by atoms with Gasteiger partial charge in [-0.25, -0.2) is 4.68 Å². The maximum Gasteiger partial charge on any atom is 0.272 e. The van der Waals surface area contributed by atoms with Crippen LogP contribution >= 0.6 is 0 Å². The summed E-state index contributed by atoms with van der Waals surface area (Å²) in [5, 5.41) is 6.91. The number of nitrogens with two attached hydrogens (primary N) is 1. The normalized spacial score (nSPS) is 11.1. The van der Waals surface area contributed by atoms with Crippen molar-refractivity contribution in [2.45, 2.75) is 39.8 Å². The Morgan fingerprint density at radius 1 is 1.47 bits per heavy atom. The molecule has 0 fully saturated rings. The van der Waals surface area contributed by atoms with Crippen LogP contribution in [-0.4, -0.2) is 21.7 Å². The summed E-state index contributed by atoms with van der Waals surface area (Å²) in [6, 6.07) is 1.85. The van der Waals surface area contributed by atoms with Crippen LogP contribution in [0.2, 0.25) is 0 Å². The van der Waals surface area contributed by atoms with Gasteiger partial charge in [0, 0.05) is 18.2 Å². The summed E-state index contributed by atoms with van der Waals surface area (Å²) in [7, 11) is 0. The lowest BCUT2D eigenvalue weighted by atomic mass is 10.3. The van der Waals surface area contributed by atoms with E-state index in [4.69, 9.17) is 5.73 Å². The third-order valence-corrected chi connectivity index (χ3v) is 1.91. The minimum atomic E-state index is -0.184. The molecule has 0 atom stereocenters. The van der Waals surface area contributed by atoms with E-state index in [1.54, 1.807) is 10.7 Å². The lowest BCUT2D eigenvalue weighted by molar-refractivity contribution is 0.0937. The first-order valence-corrected chi connectivity index (χ1v) is 5.07. The van der Waals surface area contributed by atoms with E-state index in [1.165, 1.54) is 0 Å². The Hall–Kier alpha value is -1.52. The molecule has 0 aliphatic heterocycles. The van der Waals surface area contributed by atoms with Gasteiger partial charge in [0.15, 0.2) is 5.69 Å². The fraction of sp³-hybridized carbons (Fsp3) is 0.600. The van der Waals surface area contributed by atoms with E-state index in [0.717, 1.165) is 0 Å². The van der Waals surface area contributed by atoms with Crippen molar-refractivity contribution in [1.82, 2.24) is 15.1 Å². The molecule has 0 aliphatic carbocycles. The van der Waals surface area contributed by atoms with E-state index in [-0.39, 0.29) is 18.0 Å². The number of amides is 1. The molecular weight excluding hydrogens is 192 g/mol. The molecule has 15 heavy (non-hydrogen) atoms. The van der Waals surface area contributed by atoms with Crippen LogP contribution in [0.5, 0.6) is 0 Å². The van der Waals surface area contributed by atoms with Crippen molar-refractivity contribution in [3.8, 4) is 0 Å². The Morgan fingerprint density at radius 2 is 2.07 bits per heavy atom. The third kappa shape index (κ3) is 2.71. The highest BCUT2D eigenvalue weighted by Gasteiger charge is 2.14. The van der Waals surface area contributed by atoms with E-state index in [0.29, 0.717) is 11.5 Å². The van der Waals surface area contributed by atoms with E-state index in [1.807, 2.05) is 27.7 Å². The van der Waals surface area contributed by atoms with Crippen LogP contribution in [0.15, 0.2) is 6.07 Å². The summed E-state index contributed by atoms with van der Waals surface area (Å²) in [5.74, 6) is 0.329. The summed E-state index contributed by atoms with van der Waals surface area (Å²) >= 11 is 0. The molecule has 0 bridgehead atoms. The Labute approximate surface area is 89.6 Å². The van der Waals surface area contributed by atoms with Crippen molar-refractivity contribution >= 4 is 11.7 Å². The summed E-state index contributed by atoms with van der Waals surface area (Å²) < 4.78 is 1.63. The molecule has 0 radical (unpaired) electrons. The maximum absolute atomic E-state index is 11.6. The molecular formula is C10H18N4O. The summed E-state index contributed by atoms with van der Waals surface area (Å²) in [6.45, 7) is 7.74. The van der Waals surface area contributed by atoms with Gasteiger partial charge in [-0.05, 0) is 27.7 Å². The molecule has 0 aliphatic rings. The average Bonchev–Trinajstić information content (AvgIpc) is 2.46. The standard InChI is InChI=1S/C10H18N4O/c1-6(2)12-10(15)8-5-9(11)14(13-8)7(3)4/h5-7H,11H2,1-4H3,(H,12,15). The minimum Gasteiger partial charge on any atom is -0.384 e. The van der Waals surface area contributed by atoms with Crippen LogP contribution in [0.4, 0.5) is 5.82 Å². The molecule has 1 aromatic heterocycles. The highest BCUT2D eigenvalue weighted by Crippen LogP contribution is 2.12. The Bertz CT molecular complexity index is 354. The van der Waals surface area contributed by atoms with E-state index in [9.17, 15) is 4.79 Å². The zero-order valence-electron chi connectivity index (χ0n) is 9.61. The number of aromatic nitrogens is 2. The summed E-state index contributed by atoms with van der Waals surface area (Å²) in [5.41, 5.74) is 6.10. The van der Waals surface area contributed by atoms with Gasteiger partial charge in [-0.15, -0.1) is 0 Å². The highest BCUT2D eigenvalue weighted by molar-refractivity contribution is 5.93. The summed E-state index contributed by atoms with van der Waals surface area (Å²) in [6.07, 6.45) is 0. The molecule has 84 valence electrons. The molecule has 5 nitrogen and oxygen atoms in total. The topological polar surface area (TPSA) is 72.9 Å². The van der Waals surface area contributed by atoms with Gasteiger partial charge in [0.25, 0.3) is 5.91 Å². The number of carbonyl (C=O) groups is 1. The van der Waals surface area contributed by atoms with Crippen LogP contribution in [0.1, 0.15) is 44.2 Å². The second-order valence-electron chi connectivity index (χ2n) is 4.12. The van der Waals surface area contributed by atoms with E-state index >= 15 is 0 Å². The molecule has 5 heteroatoms. The van der Waals surface area contributed by atoms with E-state index in [2.05, 4.69) is 10.4 Å². The predicted molar refractivity (Wildman–Crippen MR) is 59.6 cm³/mol. The SMILES string of the molecule is CC(C)NC(=O)c1cc(N)n(C(C)C)n1. The Balaban J connectivity index is 2.87. The Kier molecular flexibility index (Phi) is 3.34. The largest absolute Gasteiger partial charge is 0.384 e. The van der Waals surface area contributed by atoms with Gasteiger partial charge in [-0.1, -0.05) is 0 Å². The van der Waals surface area contributed by atoms with Crippen molar-refractivity contribution in [3.63, 3.8) is 0 Å². The van der Waals surface area contributed by atoms with Crippen molar-refractivity contribution in [3.05, 3.63) is 11.8 Å². The van der Waals surface area contributed by atoms with Crippen LogP contribution in [0, 0.1) is 0 Å². The molecule has 3 N–H and O–H groups in total. The van der Waals surface area contributed by atoms with Crippen molar-refractivity contribution in [2.75, 3.05) is 5.73 Å². The molecule has 0 unspecified atom stereocenters. The van der Waals surface area contributed by atoms with Crippen LogP contribution in [0.3, 0.4) is 0 Å². The number of nitrogen functional groups attached to an aromatic ring is 1. The predicted octanol–water partition coefficient (Wildman–Crippen LogP) is 1.18. The van der Waals surface area contributed by atoms with Gasteiger partial charge >= 0.3 is 0 Å². The van der Waals surface area contributed by atoms with Gasteiger partial charge < -0.3 is 11.1 Å². The van der Waals surface area contributed by atoms with Gasteiger partial charge in [0.1, 0.15) is 5.82 Å². The number of rotatable bonds is 3. The molecule has 1 rings (SSSR count). The van der Waals surface area contributed by atoms with Crippen molar-refractivity contribution in [1.29, 1.82) is 0 Å². The number of hydrogen-bond acceptors (Lipinski definition) is 3. The fourth-order valence-corrected chi connectivity index (χ4v) is 1.27. The third-order valence-electron chi connectivity index (χ3n) is 1.91. The lowest BCUT2D eigenvalue weighted by Crippen LogP contribution is -2.30. The second-order valence-corrected chi connectivity index (χ2v) is 4.12. The number of nitrogens with zero attached hydrogens (tertiary/aromatic N) is 2. The highest BCUT2D eigenvalue weighted by atomic mass is 16.2. The zero-order valence-corrected chi connectivity index (χ0v) is 9.61. The van der Waals surface area contributed by atoms with Crippen LogP contribution in [0.25, 0.3) is 0 Å². The van der Waals surface area contributed by atoms with Crippen LogP contribution in [-0.2, 0) is 0 Å². The molecule has 1 amide bonds. The molecule has 0 aromatic carbocycles. The first kappa shape index (κ1) is 11.6. The fourth-order valence-electron chi connectivity index (χ4n) is 1.27. The number of hydrogen-bond donors (Lipinski definition) is 2. The molecule has 1 aromatic rings. The number of carbonyl (C=O) groups excluding carboxylic acids is 1. The minimum absolute atomic E-state index is 0.0999. The first-order valence-electron chi connectivity index (χ1n) is 5.07. The lowest BCUT2D eigenvalue weighted by Gasteiger charge is -2.07. The first-order chi connectivity index (χ1) is 6.91. The average molecular weight is 210 g/mol. The van der Waals surface area contributed by atoms with Gasteiger partial charge in [-0.2, -0.15) is 5.10 Å². The quantitative estimate of drug-likeness (QED) is 0.787. The van der Waals surface area contributed by atoms with Crippen LogP contribution < -0.4 is 11.1 Å². The van der Waals surface area contributed by atoms with Crippen molar-refractivity contribution < 1.29 is 4.79 Å². The maximum atomic E-state index is 11.6. The number of anilines is 1. The van der Waals surface area contributed by atoms with Gasteiger partial charge in [0.2, 0.25) is 0 Å². The van der Waals surface area contributed by atoms with Gasteiger partial charge in [-0.3, -0.25) is 4.79 Å². The molecule has 0 saturated carbocycles. The molecule has 1 heterocycles. The van der Waals surface area contributed by atoms with Gasteiger partial charge in [0.05, 0.1) is 0 Å². The smallest absolute Gasteiger partial charge is 0.272 e. The van der Waals surface area contributed by atoms with E-state index < -0.39 is 0 Å². The Morgan fingerprint density at radius 3 is 2.47 bits per heavy atom. The van der Waals surface area contributed by atoms with Crippen molar-refractivity contribution in [2.24, 2.45) is 0 Å².